The summed E-state index contributed by atoms with van der Waals surface area (Å²) in [5.41, 5.74) is -0.311. The van der Waals surface area contributed by atoms with Crippen molar-refractivity contribution in [3.05, 3.63) is 72.3 Å². The molecule has 0 radical (unpaired) electrons. The van der Waals surface area contributed by atoms with E-state index in [0.29, 0.717) is 11.3 Å². The lowest BCUT2D eigenvalue weighted by molar-refractivity contribution is -0.133. The lowest BCUT2D eigenvalue weighted by Gasteiger charge is -2.24. The number of fused-ring (bicyclic) bond motifs is 1. The highest BCUT2D eigenvalue weighted by Crippen LogP contribution is 2.33. The van der Waals surface area contributed by atoms with Crippen molar-refractivity contribution in [1.29, 1.82) is 0 Å². The first-order valence-corrected chi connectivity index (χ1v) is 11.7. The summed E-state index contributed by atoms with van der Waals surface area (Å²) in [6.07, 6.45) is 1.09. The number of carbonyl (C=O) groups is 3. The van der Waals surface area contributed by atoms with Crippen LogP contribution in [0.2, 0.25) is 0 Å². The molecule has 0 aliphatic carbocycles. The normalized spacial score (nSPS) is 18.6. The highest BCUT2D eigenvalue weighted by atomic mass is 32.2. The zero-order chi connectivity index (χ0) is 23.1. The predicted octanol–water partition coefficient (Wildman–Crippen LogP) is 2.65. The summed E-state index contributed by atoms with van der Waals surface area (Å²) in [6.45, 7) is 1.15. The molecule has 0 aromatic heterocycles. The Bertz CT molecular complexity index is 1350. The predicted molar refractivity (Wildman–Crippen MR) is 120 cm³/mol. The van der Waals surface area contributed by atoms with E-state index >= 15 is 0 Å². The van der Waals surface area contributed by atoms with Gasteiger partial charge in [0.2, 0.25) is 5.91 Å². The monoisotopic (exact) mass is 451 g/mol. The van der Waals surface area contributed by atoms with E-state index in [1.54, 1.807) is 13.0 Å². The summed E-state index contributed by atoms with van der Waals surface area (Å²) in [6, 6.07) is 18.0. The molecule has 4 amide bonds. The number of imide groups is 1. The summed E-state index contributed by atoms with van der Waals surface area (Å²) < 4.78 is 23.1. The number of sulfone groups is 1. The van der Waals surface area contributed by atoms with E-state index in [-0.39, 0.29) is 4.90 Å². The number of benzene rings is 3. The minimum absolute atomic E-state index is 0.121. The van der Waals surface area contributed by atoms with Crippen molar-refractivity contribution in [3.63, 3.8) is 0 Å². The fourth-order valence-corrected chi connectivity index (χ4v) is 4.44. The van der Waals surface area contributed by atoms with Crippen LogP contribution in [0.1, 0.15) is 12.5 Å². The van der Waals surface area contributed by atoms with Gasteiger partial charge in [-0.25, -0.2) is 13.2 Å². The van der Waals surface area contributed by atoms with E-state index in [9.17, 15) is 22.8 Å². The zero-order valence-electron chi connectivity index (χ0n) is 17.5. The molecule has 9 heteroatoms. The number of urea groups is 1. The van der Waals surface area contributed by atoms with Crippen molar-refractivity contribution in [3.8, 4) is 0 Å². The number of carbonyl (C=O) groups excluding carboxylic acids is 3. The molecule has 0 bridgehead atoms. The van der Waals surface area contributed by atoms with Gasteiger partial charge in [-0.05, 0) is 47.5 Å². The van der Waals surface area contributed by atoms with Crippen LogP contribution < -0.4 is 10.6 Å². The standard InChI is InChI=1S/C23H21N3O5S/c1-23(19-9-5-7-15-6-3-4-8-18(15)19)21(28)26(22(29)25-23)14-20(27)24-16-10-12-17(13-11-16)32(2,30)31/h3-13H,14H2,1-2H3,(H,24,27)(H,25,29)/t23-/m1/s1. The molecule has 1 saturated heterocycles. The number of anilines is 1. The van der Waals surface area contributed by atoms with Gasteiger partial charge in [-0.2, -0.15) is 0 Å². The zero-order valence-corrected chi connectivity index (χ0v) is 18.3. The molecule has 4 rings (SSSR count). The molecule has 1 aliphatic heterocycles. The molecule has 3 aromatic carbocycles. The molecule has 3 aromatic rings. The smallest absolute Gasteiger partial charge is 0.325 e. The number of hydrogen-bond donors (Lipinski definition) is 2. The van der Waals surface area contributed by atoms with Gasteiger partial charge in [-0.1, -0.05) is 42.5 Å². The third-order valence-electron chi connectivity index (χ3n) is 5.47. The third kappa shape index (κ3) is 3.82. The van der Waals surface area contributed by atoms with Crippen molar-refractivity contribution < 1.29 is 22.8 Å². The fourth-order valence-electron chi connectivity index (χ4n) is 3.81. The van der Waals surface area contributed by atoms with E-state index in [0.717, 1.165) is 21.9 Å². The van der Waals surface area contributed by atoms with E-state index in [1.165, 1.54) is 24.3 Å². The maximum absolute atomic E-state index is 13.2. The molecule has 2 N–H and O–H groups in total. The van der Waals surface area contributed by atoms with Gasteiger partial charge in [-0.15, -0.1) is 0 Å². The minimum atomic E-state index is -3.35. The Labute approximate surface area is 185 Å². The molecule has 0 saturated carbocycles. The van der Waals surface area contributed by atoms with Gasteiger partial charge >= 0.3 is 6.03 Å². The molecule has 1 fully saturated rings. The number of amides is 4. The Kier molecular flexibility index (Phi) is 5.21. The summed E-state index contributed by atoms with van der Waals surface area (Å²) in [5.74, 6) is -1.11. The highest BCUT2D eigenvalue weighted by molar-refractivity contribution is 7.90. The first-order valence-electron chi connectivity index (χ1n) is 9.82. The Morgan fingerprint density at radius 1 is 1.00 bits per heavy atom. The molecule has 0 spiro atoms. The van der Waals surface area contributed by atoms with Crippen LogP contribution in [0.3, 0.4) is 0 Å². The topological polar surface area (TPSA) is 113 Å². The second-order valence-electron chi connectivity index (χ2n) is 7.82. The van der Waals surface area contributed by atoms with Gasteiger partial charge in [0.1, 0.15) is 12.1 Å². The number of nitrogens with zero attached hydrogens (tertiary/aromatic N) is 1. The van der Waals surface area contributed by atoms with Crippen LogP contribution in [-0.2, 0) is 25.0 Å². The van der Waals surface area contributed by atoms with E-state index in [4.69, 9.17) is 0 Å². The molecule has 1 atom stereocenters. The van der Waals surface area contributed by atoms with Gasteiger partial charge in [-0.3, -0.25) is 14.5 Å². The van der Waals surface area contributed by atoms with Crippen LogP contribution in [0.15, 0.2) is 71.6 Å². The second kappa shape index (κ2) is 7.76. The van der Waals surface area contributed by atoms with Crippen molar-refractivity contribution in [1.82, 2.24) is 10.2 Å². The molecular formula is C23H21N3O5S. The van der Waals surface area contributed by atoms with Gasteiger partial charge in [0.15, 0.2) is 9.84 Å². The highest BCUT2D eigenvalue weighted by Gasteiger charge is 2.50. The van der Waals surface area contributed by atoms with Crippen LogP contribution >= 0.6 is 0 Å². The van der Waals surface area contributed by atoms with E-state index in [2.05, 4.69) is 10.6 Å². The Hall–Kier alpha value is -3.72. The Morgan fingerprint density at radius 2 is 1.66 bits per heavy atom. The minimum Gasteiger partial charge on any atom is -0.325 e. The fraction of sp³-hybridized carbons (Fsp3) is 0.174. The van der Waals surface area contributed by atoms with Crippen LogP contribution in [0.5, 0.6) is 0 Å². The van der Waals surface area contributed by atoms with Crippen molar-refractivity contribution in [2.75, 3.05) is 18.1 Å². The van der Waals surface area contributed by atoms with Crippen molar-refractivity contribution in [2.24, 2.45) is 0 Å². The van der Waals surface area contributed by atoms with Gasteiger partial charge in [0, 0.05) is 11.9 Å². The van der Waals surface area contributed by atoms with Gasteiger partial charge in [0.05, 0.1) is 4.90 Å². The lowest BCUT2D eigenvalue weighted by Crippen LogP contribution is -2.42. The van der Waals surface area contributed by atoms with E-state index < -0.39 is 39.8 Å². The van der Waals surface area contributed by atoms with Crippen molar-refractivity contribution >= 4 is 44.1 Å². The number of hydrogen-bond acceptors (Lipinski definition) is 5. The maximum Gasteiger partial charge on any atom is 0.325 e. The molecule has 0 unspecified atom stereocenters. The molecule has 32 heavy (non-hydrogen) atoms. The summed E-state index contributed by atoms with van der Waals surface area (Å²) in [5, 5.41) is 7.07. The number of nitrogens with one attached hydrogen (secondary N) is 2. The van der Waals surface area contributed by atoms with E-state index in [1.807, 2.05) is 36.4 Å². The summed E-state index contributed by atoms with van der Waals surface area (Å²) in [7, 11) is -3.35. The lowest BCUT2D eigenvalue weighted by atomic mass is 9.88. The maximum atomic E-state index is 13.2. The molecule has 164 valence electrons. The quantitative estimate of drug-likeness (QED) is 0.579. The molecule has 8 nitrogen and oxygen atoms in total. The summed E-state index contributed by atoms with van der Waals surface area (Å²) in [4.78, 5) is 39.3. The van der Waals surface area contributed by atoms with Crippen LogP contribution in [-0.4, -0.2) is 44.0 Å². The first kappa shape index (κ1) is 21.5. The van der Waals surface area contributed by atoms with Gasteiger partial charge in [0.25, 0.3) is 5.91 Å². The van der Waals surface area contributed by atoms with Gasteiger partial charge < -0.3 is 10.6 Å². The Morgan fingerprint density at radius 3 is 2.34 bits per heavy atom. The second-order valence-corrected chi connectivity index (χ2v) is 9.83. The molecule has 1 heterocycles. The van der Waals surface area contributed by atoms with Crippen LogP contribution in [0, 0.1) is 0 Å². The van der Waals surface area contributed by atoms with Crippen molar-refractivity contribution in [2.45, 2.75) is 17.4 Å². The van der Waals surface area contributed by atoms with Crippen LogP contribution in [0.4, 0.5) is 10.5 Å². The van der Waals surface area contributed by atoms with Crippen LogP contribution in [0.25, 0.3) is 10.8 Å². The number of rotatable bonds is 5. The average Bonchev–Trinajstić information content (AvgIpc) is 2.97. The summed E-state index contributed by atoms with van der Waals surface area (Å²) >= 11 is 0. The Balaban J connectivity index is 1.53. The SMILES string of the molecule is C[C@]1(c2cccc3ccccc23)NC(=O)N(CC(=O)Nc2ccc(S(C)(=O)=O)cc2)C1=O. The largest absolute Gasteiger partial charge is 0.325 e. The average molecular weight is 452 g/mol. The molecule has 1 aliphatic rings. The third-order valence-corrected chi connectivity index (χ3v) is 6.60. The first-order chi connectivity index (χ1) is 15.1. The molecular weight excluding hydrogens is 430 g/mol.